The van der Waals surface area contributed by atoms with Crippen LogP contribution in [0.1, 0.15) is 29.0 Å². The van der Waals surface area contributed by atoms with Crippen LogP contribution in [0.4, 0.5) is 5.69 Å². The highest BCUT2D eigenvalue weighted by Gasteiger charge is 2.25. The second kappa shape index (κ2) is 5.27. The summed E-state index contributed by atoms with van der Waals surface area (Å²) in [5.74, 6) is 0. The van der Waals surface area contributed by atoms with Gasteiger partial charge in [0.1, 0.15) is 0 Å². The lowest BCUT2D eigenvalue weighted by Gasteiger charge is -2.36. The topological polar surface area (TPSA) is 23.5 Å². The van der Waals surface area contributed by atoms with Gasteiger partial charge in [0.2, 0.25) is 0 Å². The van der Waals surface area contributed by atoms with Gasteiger partial charge in [-0.05, 0) is 64.0 Å². The molecule has 0 fully saturated rings. The number of rotatable bonds is 2. The molecule has 0 bridgehead atoms. The van der Waals surface area contributed by atoms with E-state index in [2.05, 4.69) is 45.3 Å². The van der Waals surface area contributed by atoms with Crippen LogP contribution in [-0.2, 0) is 13.0 Å². The van der Waals surface area contributed by atoms with Crippen molar-refractivity contribution in [3.05, 3.63) is 50.1 Å². The molecule has 1 aliphatic rings. The summed E-state index contributed by atoms with van der Waals surface area (Å²) in [6.07, 6.45) is 1.12. The predicted molar refractivity (Wildman–Crippen MR) is 83.8 cm³/mol. The molecule has 2 aromatic rings. The molecule has 0 saturated heterocycles. The highest BCUT2D eigenvalue weighted by Crippen LogP contribution is 2.39. The van der Waals surface area contributed by atoms with E-state index in [4.69, 9.17) is 0 Å². The first-order chi connectivity index (χ1) is 9.20. The van der Waals surface area contributed by atoms with Gasteiger partial charge in [0.15, 0.2) is 0 Å². The Labute approximate surface area is 125 Å². The van der Waals surface area contributed by atoms with E-state index in [0.29, 0.717) is 6.04 Å². The van der Waals surface area contributed by atoms with Crippen molar-refractivity contribution < 1.29 is 5.11 Å². The summed E-state index contributed by atoms with van der Waals surface area (Å²) in [5.41, 5.74) is 3.60. The largest absolute Gasteiger partial charge is 0.392 e. The Morgan fingerprint density at radius 3 is 3.00 bits per heavy atom. The molecule has 0 radical (unpaired) electrons. The maximum absolute atomic E-state index is 9.18. The van der Waals surface area contributed by atoms with Gasteiger partial charge in [-0.15, -0.1) is 11.3 Å². The number of hydrogen-bond donors (Lipinski definition) is 1. The van der Waals surface area contributed by atoms with Crippen LogP contribution in [-0.4, -0.2) is 11.7 Å². The van der Waals surface area contributed by atoms with Gasteiger partial charge in [0, 0.05) is 15.9 Å². The zero-order valence-electron chi connectivity index (χ0n) is 10.8. The summed E-state index contributed by atoms with van der Waals surface area (Å²) >= 11 is 5.50. The van der Waals surface area contributed by atoms with E-state index >= 15 is 0 Å². The first kappa shape index (κ1) is 13.2. The molecule has 1 aliphatic heterocycles. The Morgan fingerprint density at radius 1 is 1.42 bits per heavy atom. The van der Waals surface area contributed by atoms with E-state index in [1.54, 1.807) is 0 Å². The molecule has 100 valence electrons. The molecule has 19 heavy (non-hydrogen) atoms. The highest BCUT2D eigenvalue weighted by atomic mass is 79.9. The van der Waals surface area contributed by atoms with Crippen LogP contribution < -0.4 is 4.90 Å². The van der Waals surface area contributed by atoms with Crippen LogP contribution in [0, 0.1) is 0 Å². The van der Waals surface area contributed by atoms with Crippen molar-refractivity contribution in [1.82, 2.24) is 0 Å². The molecule has 1 N–H and O–H groups in total. The third kappa shape index (κ3) is 2.33. The lowest BCUT2D eigenvalue weighted by molar-refractivity contribution is 0.282. The van der Waals surface area contributed by atoms with Gasteiger partial charge in [0.05, 0.1) is 18.3 Å². The molecule has 2 heterocycles. The maximum Gasteiger partial charge on any atom is 0.0682 e. The van der Waals surface area contributed by atoms with Gasteiger partial charge in [-0.1, -0.05) is 6.07 Å². The third-order valence-corrected chi connectivity index (χ3v) is 5.41. The van der Waals surface area contributed by atoms with Crippen LogP contribution in [0.2, 0.25) is 0 Å². The third-order valence-electron chi connectivity index (χ3n) is 3.78. The number of thiophene rings is 1. The number of fused-ring (bicyclic) bond motifs is 1. The Balaban J connectivity index is 1.95. The Morgan fingerprint density at radius 2 is 2.26 bits per heavy atom. The molecule has 2 nitrogen and oxygen atoms in total. The lowest BCUT2D eigenvalue weighted by atomic mass is 10.0. The molecule has 1 atom stereocenters. The van der Waals surface area contributed by atoms with E-state index in [1.807, 2.05) is 23.5 Å². The van der Waals surface area contributed by atoms with Crippen molar-refractivity contribution in [1.29, 1.82) is 0 Å². The standard InChI is InChI=1S/C15H16BrNOS/c1-10-12-5-7-19-15(12)4-6-17(10)14-3-2-11(9-18)8-13(14)16/h2-3,5,7-8,10,18H,4,6,9H2,1H3. The minimum atomic E-state index is 0.0864. The SMILES string of the molecule is CC1c2ccsc2CCN1c1ccc(CO)cc1Br. The first-order valence-corrected chi connectivity index (χ1v) is 8.10. The average molecular weight is 338 g/mol. The number of hydrogen-bond acceptors (Lipinski definition) is 3. The fourth-order valence-corrected chi connectivity index (χ4v) is 4.34. The Bertz CT molecular complexity index is 596. The summed E-state index contributed by atoms with van der Waals surface area (Å²) in [5, 5.41) is 11.4. The summed E-state index contributed by atoms with van der Waals surface area (Å²) in [6, 6.07) is 8.75. The molecule has 0 amide bonds. The van der Waals surface area contributed by atoms with E-state index in [9.17, 15) is 5.11 Å². The smallest absolute Gasteiger partial charge is 0.0682 e. The zero-order valence-corrected chi connectivity index (χ0v) is 13.2. The molecule has 1 unspecified atom stereocenters. The van der Waals surface area contributed by atoms with Crippen molar-refractivity contribution in [2.45, 2.75) is 26.0 Å². The van der Waals surface area contributed by atoms with E-state index in [0.717, 1.165) is 23.0 Å². The van der Waals surface area contributed by atoms with E-state index < -0.39 is 0 Å². The fraction of sp³-hybridized carbons (Fsp3) is 0.333. The van der Waals surface area contributed by atoms with Gasteiger partial charge in [-0.25, -0.2) is 0 Å². The van der Waals surface area contributed by atoms with Gasteiger partial charge < -0.3 is 10.0 Å². The quantitative estimate of drug-likeness (QED) is 0.890. The number of benzene rings is 1. The van der Waals surface area contributed by atoms with Crippen LogP contribution >= 0.6 is 27.3 Å². The van der Waals surface area contributed by atoms with Crippen molar-refractivity contribution in [3.8, 4) is 0 Å². The molecule has 1 aromatic heterocycles. The van der Waals surface area contributed by atoms with Crippen LogP contribution in [0.25, 0.3) is 0 Å². The number of nitrogens with zero attached hydrogens (tertiary/aromatic N) is 1. The van der Waals surface area contributed by atoms with Gasteiger partial charge >= 0.3 is 0 Å². The van der Waals surface area contributed by atoms with Crippen LogP contribution in [0.5, 0.6) is 0 Å². The van der Waals surface area contributed by atoms with E-state index in [1.165, 1.54) is 16.1 Å². The Hall–Kier alpha value is -0.840. The minimum absolute atomic E-state index is 0.0864. The summed E-state index contributed by atoms with van der Waals surface area (Å²) < 4.78 is 1.06. The van der Waals surface area contributed by atoms with Crippen LogP contribution in [0.15, 0.2) is 34.1 Å². The molecule has 3 rings (SSSR count). The van der Waals surface area contributed by atoms with Crippen molar-refractivity contribution in [2.24, 2.45) is 0 Å². The van der Waals surface area contributed by atoms with E-state index in [-0.39, 0.29) is 6.61 Å². The number of halogens is 1. The Kier molecular flexibility index (Phi) is 3.65. The molecule has 0 spiro atoms. The predicted octanol–water partition coefficient (Wildman–Crippen LogP) is 4.13. The summed E-state index contributed by atoms with van der Waals surface area (Å²) in [7, 11) is 0. The molecule has 4 heteroatoms. The minimum Gasteiger partial charge on any atom is -0.392 e. The zero-order chi connectivity index (χ0) is 13.4. The molecular weight excluding hydrogens is 322 g/mol. The highest BCUT2D eigenvalue weighted by molar-refractivity contribution is 9.10. The van der Waals surface area contributed by atoms with Gasteiger partial charge in [-0.2, -0.15) is 0 Å². The van der Waals surface area contributed by atoms with Crippen LogP contribution in [0.3, 0.4) is 0 Å². The summed E-state index contributed by atoms with van der Waals surface area (Å²) in [6.45, 7) is 3.39. The molecule has 0 aliphatic carbocycles. The van der Waals surface area contributed by atoms with Gasteiger partial charge in [0.25, 0.3) is 0 Å². The molecular formula is C15H16BrNOS. The second-order valence-corrected chi connectivity index (χ2v) is 6.72. The van der Waals surface area contributed by atoms with Crippen molar-refractivity contribution >= 4 is 33.0 Å². The molecule has 1 aromatic carbocycles. The maximum atomic E-state index is 9.18. The molecule has 0 saturated carbocycles. The summed E-state index contributed by atoms with van der Waals surface area (Å²) in [4.78, 5) is 3.95. The van der Waals surface area contributed by atoms with Gasteiger partial charge in [-0.3, -0.25) is 0 Å². The fourth-order valence-electron chi connectivity index (χ4n) is 2.72. The number of aliphatic hydroxyl groups excluding tert-OH is 1. The number of anilines is 1. The van der Waals surface area contributed by atoms with Crippen molar-refractivity contribution in [3.63, 3.8) is 0 Å². The monoisotopic (exact) mass is 337 g/mol. The second-order valence-electron chi connectivity index (χ2n) is 4.86. The lowest BCUT2D eigenvalue weighted by Crippen LogP contribution is -2.33. The van der Waals surface area contributed by atoms with Crippen molar-refractivity contribution in [2.75, 3.05) is 11.4 Å². The number of aliphatic hydroxyl groups is 1. The normalized spacial score (nSPS) is 18.5. The average Bonchev–Trinajstić information content (AvgIpc) is 2.89. The first-order valence-electron chi connectivity index (χ1n) is 6.43.